The number of aromatic nitrogens is 2. The first-order valence-corrected chi connectivity index (χ1v) is 7.05. The first-order chi connectivity index (χ1) is 10.1. The highest BCUT2D eigenvalue weighted by atomic mass is 35.5. The molecule has 2 heterocycles. The summed E-state index contributed by atoms with van der Waals surface area (Å²) < 4.78 is 21.5. The minimum Gasteiger partial charge on any atom is -0.486 e. The maximum Gasteiger partial charge on any atom is 0.417 e. The van der Waals surface area contributed by atoms with Gasteiger partial charge in [0.1, 0.15) is 19.8 Å². The number of ether oxygens (including phenoxy) is 3. The van der Waals surface area contributed by atoms with Crippen LogP contribution in [0.15, 0.2) is 16.7 Å². The Morgan fingerprint density at radius 1 is 1.29 bits per heavy atom. The van der Waals surface area contributed by atoms with Gasteiger partial charge in [-0.2, -0.15) is 4.98 Å². The van der Waals surface area contributed by atoms with Crippen molar-refractivity contribution in [2.75, 3.05) is 13.2 Å². The normalized spacial score (nSPS) is 13.5. The molecule has 0 saturated carbocycles. The molecule has 7 heteroatoms. The van der Waals surface area contributed by atoms with Crippen LogP contribution < -0.4 is 14.2 Å². The molecule has 1 aliphatic heterocycles. The summed E-state index contributed by atoms with van der Waals surface area (Å²) in [6, 6.07) is 3.61. The maximum atomic E-state index is 6.16. The molecular weight excluding hydrogens is 296 g/mol. The SMILES string of the molecule is CC(C)c1noc(OCc2cc(Cl)c3c(c2)OCCO3)n1. The lowest BCUT2D eigenvalue weighted by molar-refractivity contribution is 0.169. The summed E-state index contributed by atoms with van der Waals surface area (Å²) in [5, 5.41) is 4.33. The zero-order valence-corrected chi connectivity index (χ0v) is 12.5. The standard InChI is InChI=1S/C14H15ClN2O4/c1-8(2)13-16-14(21-17-13)20-7-9-5-10(15)12-11(6-9)18-3-4-19-12/h5-6,8H,3-4,7H2,1-2H3. The lowest BCUT2D eigenvalue weighted by Crippen LogP contribution is -2.16. The Morgan fingerprint density at radius 3 is 2.86 bits per heavy atom. The van der Waals surface area contributed by atoms with Gasteiger partial charge in [0.25, 0.3) is 0 Å². The van der Waals surface area contributed by atoms with E-state index in [1.165, 1.54) is 0 Å². The van der Waals surface area contributed by atoms with Gasteiger partial charge < -0.3 is 14.2 Å². The van der Waals surface area contributed by atoms with E-state index in [2.05, 4.69) is 10.1 Å². The summed E-state index contributed by atoms with van der Waals surface area (Å²) >= 11 is 6.16. The maximum absolute atomic E-state index is 6.16. The van der Waals surface area contributed by atoms with Gasteiger partial charge in [-0.15, -0.1) is 0 Å². The first-order valence-electron chi connectivity index (χ1n) is 6.68. The van der Waals surface area contributed by atoms with E-state index in [0.717, 1.165) is 5.56 Å². The third-order valence-electron chi connectivity index (χ3n) is 2.96. The van der Waals surface area contributed by atoms with Crippen molar-refractivity contribution < 1.29 is 18.7 Å². The predicted octanol–water partition coefficient (Wildman–Crippen LogP) is 3.20. The molecule has 1 aliphatic rings. The third kappa shape index (κ3) is 3.05. The van der Waals surface area contributed by atoms with Crippen molar-refractivity contribution in [1.82, 2.24) is 10.1 Å². The van der Waals surface area contributed by atoms with Crippen LogP contribution in [0.3, 0.4) is 0 Å². The monoisotopic (exact) mass is 310 g/mol. The Bertz CT molecular complexity index is 642. The Hall–Kier alpha value is -1.95. The van der Waals surface area contributed by atoms with Crippen molar-refractivity contribution >= 4 is 11.6 Å². The molecule has 0 radical (unpaired) electrons. The van der Waals surface area contributed by atoms with Gasteiger partial charge in [-0.25, -0.2) is 0 Å². The molecule has 0 bridgehead atoms. The number of nitrogens with zero attached hydrogens (tertiary/aromatic N) is 2. The number of fused-ring (bicyclic) bond motifs is 1. The first kappa shape index (κ1) is 14.0. The molecule has 21 heavy (non-hydrogen) atoms. The van der Waals surface area contributed by atoms with Crippen molar-refractivity contribution in [3.63, 3.8) is 0 Å². The van der Waals surface area contributed by atoms with E-state index in [1.54, 1.807) is 6.07 Å². The molecule has 6 nitrogen and oxygen atoms in total. The zero-order valence-electron chi connectivity index (χ0n) is 11.8. The van der Waals surface area contributed by atoms with E-state index in [-0.39, 0.29) is 18.6 Å². The smallest absolute Gasteiger partial charge is 0.417 e. The van der Waals surface area contributed by atoms with Crippen molar-refractivity contribution in [2.45, 2.75) is 26.4 Å². The highest BCUT2D eigenvalue weighted by Gasteiger charge is 2.17. The van der Waals surface area contributed by atoms with Gasteiger partial charge in [0, 0.05) is 5.92 Å². The van der Waals surface area contributed by atoms with Gasteiger partial charge in [0.05, 0.1) is 5.02 Å². The summed E-state index contributed by atoms with van der Waals surface area (Å²) in [4.78, 5) is 4.15. The van der Waals surface area contributed by atoms with Crippen molar-refractivity contribution in [1.29, 1.82) is 0 Å². The molecule has 112 valence electrons. The summed E-state index contributed by atoms with van der Waals surface area (Å²) in [6.07, 6.45) is 0.143. The summed E-state index contributed by atoms with van der Waals surface area (Å²) in [5.41, 5.74) is 0.841. The quantitative estimate of drug-likeness (QED) is 0.864. The average molecular weight is 311 g/mol. The zero-order chi connectivity index (χ0) is 14.8. The Morgan fingerprint density at radius 2 is 2.10 bits per heavy atom. The number of halogens is 1. The van der Waals surface area contributed by atoms with Gasteiger partial charge in [0.15, 0.2) is 17.3 Å². The molecule has 0 aliphatic carbocycles. The van der Waals surface area contributed by atoms with Crippen LogP contribution in [0.5, 0.6) is 17.6 Å². The molecule has 0 N–H and O–H groups in total. The van der Waals surface area contributed by atoms with E-state index in [4.69, 9.17) is 30.3 Å². The number of hydrogen-bond acceptors (Lipinski definition) is 6. The van der Waals surface area contributed by atoms with Crippen LogP contribution in [0.4, 0.5) is 0 Å². The largest absolute Gasteiger partial charge is 0.486 e. The van der Waals surface area contributed by atoms with Crippen LogP contribution in [-0.2, 0) is 6.61 Å². The Kier molecular flexibility index (Phi) is 3.88. The fraction of sp³-hybridized carbons (Fsp3) is 0.429. The molecule has 1 aromatic heterocycles. The minimum atomic E-state index is 0.143. The van der Waals surface area contributed by atoms with E-state index >= 15 is 0 Å². The Balaban J connectivity index is 1.71. The topological polar surface area (TPSA) is 66.6 Å². The number of benzene rings is 1. The van der Waals surface area contributed by atoms with Gasteiger partial charge in [-0.05, 0) is 17.7 Å². The lowest BCUT2D eigenvalue weighted by Gasteiger charge is -2.20. The highest BCUT2D eigenvalue weighted by Crippen LogP contribution is 2.38. The van der Waals surface area contributed by atoms with Crippen molar-refractivity contribution in [3.8, 4) is 17.6 Å². The van der Waals surface area contributed by atoms with Crippen molar-refractivity contribution in [3.05, 3.63) is 28.5 Å². The number of rotatable bonds is 4. The summed E-state index contributed by atoms with van der Waals surface area (Å²) in [7, 11) is 0. The van der Waals surface area contributed by atoms with Gasteiger partial charge in [-0.3, -0.25) is 4.52 Å². The Labute approximate surface area is 127 Å². The summed E-state index contributed by atoms with van der Waals surface area (Å²) in [5.74, 6) is 2.01. The molecule has 0 fully saturated rings. The van der Waals surface area contributed by atoms with Gasteiger partial charge in [-0.1, -0.05) is 30.6 Å². The van der Waals surface area contributed by atoms with Crippen LogP contribution >= 0.6 is 11.6 Å². The lowest BCUT2D eigenvalue weighted by atomic mass is 10.2. The molecule has 2 aromatic rings. The van der Waals surface area contributed by atoms with Crippen LogP contribution in [0.1, 0.15) is 31.2 Å². The van der Waals surface area contributed by atoms with Crippen LogP contribution in [0.25, 0.3) is 0 Å². The van der Waals surface area contributed by atoms with E-state index < -0.39 is 0 Å². The third-order valence-corrected chi connectivity index (χ3v) is 3.24. The molecule has 1 aromatic carbocycles. The minimum absolute atomic E-state index is 0.143. The second kappa shape index (κ2) is 5.81. The molecule has 0 spiro atoms. The average Bonchev–Trinajstić information content (AvgIpc) is 2.94. The molecule has 0 atom stereocenters. The van der Waals surface area contributed by atoms with Crippen LogP contribution in [0, 0.1) is 0 Å². The van der Waals surface area contributed by atoms with Crippen molar-refractivity contribution in [2.24, 2.45) is 0 Å². The highest BCUT2D eigenvalue weighted by molar-refractivity contribution is 6.32. The molecule has 0 saturated heterocycles. The molecule has 0 unspecified atom stereocenters. The molecule has 0 amide bonds. The predicted molar refractivity (Wildman–Crippen MR) is 75.2 cm³/mol. The summed E-state index contributed by atoms with van der Waals surface area (Å²) in [6.45, 7) is 5.23. The number of hydrogen-bond donors (Lipinski definition) is 0. The molecule has 3 rings (SSSR count). The second-order valence-corrected chi connectivity index (χ2v) is 5.37. The molecular formula is C14H15ClN2O4. The van der Waals surface area contributed by atoms with E-state index in [9.17, 15) is 0 Å². The van der Waals surface area contributed by atoms with Gasteiger partial charge in [0.2, 0.25) is 0 Å². The van der Waals surface area contributed by atoms with Crippen LogP contribution in [-0.4, -0.2) is 23.4 Å². The second-order valence-electron chi connectivity index (χ2n) is 4.96. The van der Waals surface area contributed by atoms with E-state index in [0.29, 0.717) is 35.6 Å². The van der Waals surface area contributed by atoms with Gasteiger partial charge >= 0.3 is 6.08 Å². The van der Waals surface area contributed by atoms with E-state index in [1.807, 2.05) is 19.9 Å². The fourth-order valence-corrected chi connectivity index (χ4v) is 2.19. The fourth-order valence-electron chi connectivity index (χ4n) is 1.91. The van der Waals surface area contributed by atoms with Crippen LogP contribution in [0.2, 0.25) is 5.02 Å².